The van der Waals surface area contributed by atoms with E-state index in [9.17, 15) is 5.26 Å². The van der Waals surface area contributed by atoms with Crippen LogP contribution in [0, 0.1) is 11.3 Å². The Morgan fingerprint density at radius 2 is 2.17 bits per heavy atom. The van der Waals surface area contributed by atoms with Crippen molar-refractivity contribution in [3.63, 3.8) is 0 Å². The summed E-state index contributed by atoms with van der Waals surface area (Å²) in [6.45, 7) is 2.06. The van der Waals surface area contributed by atoms with Crippen LogP contribution in [-0.4, -0.2) is 18.3 Å². The molecule has 0 fully saturated rings. The molecule has 98 valence electrons. The van der Waals surface area contributed by atoms with Crippen LogP contribution in [0.3, 0.4) is 0 Å². The summed E-state index contributed by atoms with van der Waals surface area (Å²) in [5.41, 5.74) is -0.353. The van der Waals surface area contributed by atoms with Crippen LogP contribution >= 0.6 is 27.7 Å². The topological polar surface area (TPSA) is 35.8 Å². The normalized spacial score (nSPS) is 13.9. The average Bonchev–Trinajstić information content (AvgIpc) is 2.42. The lowest BCUT2D eigenvalue weighted by Crippen LogP contribution is -2.40. The fourth-order valence-corrected chi connectivity index (χ4v) is 3.30. The Kier molecular flexibility index (Phi) is 6.77. The van der Waals surface area contributed by atoms with Crippen LogP contribution in [0.15, 0.2) is 33.6 Å². The number of nitriles is 1. The molecule has 0 saturated heterocycles. The second-order valence-electron chi connectivity index (χ2n) is 4.18. The first-order valence-electron chi connectivity index (χ1n) is 6.15. The van der Waals surface area contributed by atoms with E-state index >= 15 is 0 Å². The first-order valence-corrected chi connectivity index (χ1v) is 7.93. The van der Waals surface area contributed by atoms with E-state index in [1.54, 1.807) is 0 Å². The van der Waals surface area contributed by atoms with Crippen molar-refractivity contribution in [1.82, 2.24) is 5.32 Å². The van der Waals surface area contributed by atoms with Gasteiger partial charge in [-0.25, -0.2) is 0 Å². The van der Waals surface area contributed by atoms with E-state index in [0.29, 0.717) is 0 Å². The summed E-state index contributed by atoms with van der Waals surface area (Å²) < 4.78 is 1.14. The van der Waals surface area contributed by atoms with Crippen LogP contribution in [0.2, 0.25) is 0 Å². The lowest BCUT2D eigenvalue weighted by molar-refractivity contribution is 0.400. The Morgan fingerprint density at radius 1 is 1.44 bits per heavy atom. The van der Waals surface area contributed by atoms with E-state index in [1.165, 1.54) is 4.90 Å². The zero-order valence-corrected chi connectivity index (χ0v) is 13.3. The molecule has 0 bridgehead atoms. The van der Waals surface area contributed by atoms with E-state index in [2.05, 4.69) is 46.4 Å². The van der Waals surface area contributed by atoms with Crippen molar-refractivity contribution < 1.29 is 0 Å². The molecule has 0 aromatic heterocycles. The maximum Gasteiger partial charge on any atom is 0.106 e. The second kappa shape index (κ2) is 7.83. The van der Waals surface area contributed by atoms with Gasteiger partial charge >= 0.3 is 0 Å². The van der Waals surface area contributed by atoms with Gasteiger partial charge in [0.1, 0.15) is 5.54 Å². The van der Waals surface area contributed by atoms with Crippen molar-refractivity contribution >= 4 is 27.7 Å². The highest BCUT2D eigenvalue weighted by molar-refractivity contribution is 9.10. The molecule has 1 atom stereocenters. The molecule has 2 nitrogen and oxygen atoms in total. The van der Waals surface area contributed by atoms with E-state index < -0.39 is 0 Å². The Hall–Kier alpha value is -0.500. The smallest absolute Gasteiger partial charge is 0.106 e. The number of thioether (sulfide) groups is 1. The minimum absolute atomic E-state index is 0.353. The fourth-order valence-electron chi connectivity index (χ4n) is 1.79. The number of halogens is 1. The number of nitrogens with zero attached hydrogens (tertiary/aromatic N) is 1. The lowest BCUT2D eigenvalue weighted by Gasteiger charge is -2.24. The predicted molar refractivity (Wildman–Crippen MR) is 81.8 cm³/mol. The molecule has 1 aromatic rings. The summed E-state index contributed by atoms with van der Waals surface area (Å²) in [6.07, 6.45) is 2.78. The monoisotopic (exact) mass is 326 g/mol. The molecule has 4 heteroatoms. The molecule has 1 aromatic carbocycles. The maximum atomic E-state index is 9.21. The van der Waals surface area contributed by atoms with Crippen LogP contribution in [-0.2, 0) is 0 Å². The summed E-state index contributed by atoms with van der Waals surface area (Å²) in [5.74, 6) is 1.04. The molecule has 0 radical (unpaired) electrons. The van der Waals surface area contributed by atoms with E-state index in [-0.39, 0.29) is 5.54 Å². The number of rotatable bonds is 7. The van der Waals surface area contributed by atoms with Crippen molar-refractivity contribution in [3.05, 3.63) is 28.7 Å². The van der Waals surface area contributed by atoms with Crippen molar-refractivity contribution in [3.8, 4) is 6.07 Å². The first kappa shape index (κ1) is 15.6. The molecule has 0 saturated carbocycles. The minimum atomic E-state index is -0.353. The summed E-state index contributed by atoms with van der Waals surface area (Å²) in [4.78, 5) is 1.26. The molecule has 0 aliphatic carbocycles. The highest BCUT2D eigenvalue weighted by Crippen LogP contribution is 2.28. The molecule has 0 aliphatic rings. The summed E-state index contributed by atoms with van der Waals surface area (Å²) in [6, 6.07) is 10.6. The quantitative estimate of drug-likeness (QED) is 0.602. The zero-order valence-electron chi connectivity index (χ0n) is 10.9. The van der Waals surface area contributed by atoms with Crippen molar-refractivity contribution in [1.29, 1.82) is 5.26 Å². The van der Waals surface area contributed by atoms with Crippen LogP contribution in [0.5, 0.6) is 0 Å². The molecule has 1 rings (SSSR count). The van der Waals surface area contributed by atoms with Gasteiger partial charge in [0.15, 0.2) is 0 Å². The van der Waals surface area contributed by atoms with Gasteiger partial charge in [0.05, 0.1) is 6.07 Å². The molecular weight excluding hydrogens is 308 g/mol. The second-order valence-corrected chi connectivity index (χ2v) is 6.17. The first-order chi connectivity index (χ1) is 8.67. The van der Waals surface area contributed by atoms with Gasteiger partial charge in [0, 0.05) is 9.37 Å². The lowest BCUT2D eigenvalue weighted by atomic mass is 9.93. The van der Waals surface area contributed by atoms with E-state index in [0.717, 1.165) is 29.5 Å². The molecule has 1 unspecified atom stereocenters. The predicted octanol–water partition coefficient (Wildman–Crippen LogP) is 4.21. The van der Waals surface area contributed by atoms with Gasteiger partial charge in [0.25, 0.3) is 0 Å². The van der Waals surface area contributed by atoms with Gasteiger partial charge in [-0.05, 0) is 60.1 Å². The van der Waals surface area contributed by atoms with Crippen LogP contribution in [0.1, 0.15) is 26.2 Å². The van der Waals surface area contributed by atoms with Gasteiger partial charge < -0.3 is 5.32 Å². The largest absolute Gasteiger partial charge is 0.302 e. The molecule has 0 amide bonds. The van der Waals surface area contributed by atoms with E-state index in [1.807, 2.05) is 30.9 Å². The summed E-state index contributed by atoms with van der Waals surface area (Å²) in [7, 11) is 1.87. The molecule has 1 N–H and O–H groups in total. The van der Waals surface area contributed by atoms with Gasteiger partial charge in [0.2, 0.25) is 0 Å². The Bertz CT molecular complexity index is 411. The molecular formula is C14H19BrN2S. The van der Waals surface area contributed by atoms with E-state index in [4.69, 9.17) is 0 Å². The number of hydrogen-bond acceptors (Lipinski definition) is 3. The fraction of sp³-hybridized carbons (Fsp3) is 0.500. The SMILES string of the molecule is CCC(C#N)(CCCSc1ccccc1Br)NC. The summed E-state index contributed by atoms with van der Waals surface area (Å²) in [5, 5.41) is 12.4. The van der Waals surface area contributed by atoms with Crippen molar-refractivity contribution in [2.45, 2.75) is 36.6 Å². The molecule has 0 spiro atoms. The summed E-state index contributed by atoms with van der Waals surface area (Å²) >= 11 is 5.38. The number of nitrogens with one attached hydrogen (secondary N) is 1. The Labute approximate surface area is 122 Å². The Balaban J connectivity index is 2.40. The third kappa shape index (κ3) is 4.31. The average molecular weight is 327 g/mol. The Morgan fingerprint density at radius 3 is 2.72 bits per heavy atom. The number of hydrogen-bond donors (Lipinski definition) is 1. The van der Waals surface area contributed by atoms with Crippen LogP contribution in [0.4, 0.5) is 0 Å². The zero-order chi connectivity index (χ0) is 13.4. The van der Waals surface area contributed by atoms with Crippen LogP contribution in [0.25, 0.3) is 0 Å². The molecule has 0 aliphatic heterocycles. The van der Waals surface area contributed by atoms with Gasteiger partial charge in [-0.2, -0.15) is 5.26 Å². The molecule has 18 heavy (non-hydrogen) atoms. The number of benzene rings is 1. The van der Waals surface area contributed by atoms with Crippen LogP contribution < -0.4 is 5.32 Å². The third-order valence-electron chi connectivity index (χ3n) is 3.14. The minimum Gasteiger partial charge on any atom is -0.302 e. The van der Waals surface area contributed by atoms with Gasteiger partial charge in [-0.3, -0.25) is 0 Å². The van der Waals surface area contributed by atoms with Gasteiger partial charge in [-0.15, -0.1) is 11.8 Å². The molecule has 0 heterocycles. The van der Waals surface area contributed by atoms with Crippen molar-refractivity contribution in [2.24, 2.45) is 0 Å². The standard InChI is InChI=1S/C14H19BrN2S/c1-3-14(11-16,17-2)9-6-10-18-13-8-5-4-7-12(13)15/h4-5,7-8,17H,3,6,9-10H2,1-2H3. The third-order valence-corrected chi connectivity index (χ3v) is 5.25. The highest BCUT2D eigenvalue weighted by Gasteiger charge is 2.24. The highest BCUT2D eigenvalue weighted by atomic mass is 79.9. The van der Waals surface area contributed by atoms with Crippen molar-refractivity contribution in [2.75, 3.05) is 12.8 Å². The maximum absolute atomic E-state index is 9.21. The van der Waals surface area contributed by atoms with Gasteiger partial charge in [-0.1, -0.05) is 19.1 Å².